The Morgan fingerprint density at radius 3 is 2.71 bits per heavy atom. The van der Waals surface area contributed by atoms with Gasteiger partial charge in [0.2, 0.25) is 5.91 Å². The molecule has 0 saturated carbocycles. The molecular weight excluding hydrogens is 356 g/mol. The highest BCUT2D eigenvalue weighted by Crippen LogP contribution is 2.26. The predicted molar refractivity (Wildman–Crippen MR) is 106 cm³/mol. The number of hydrogen-bond acceptors (Lipinski definition) is 5. The van der Waals surface area contributed by atoms with Gasteiger partial charge in [0, 0.05) is 51.1 Å². The molecule has 7 nitrogen and oxygen atoms in total. The second-order valence-corrected chi connectivity index (χ2v) is 8.67. The first-order valence-corrected chi connectivity index (χ1v) is 10.8. The lowest BCUT2D eigenvalue weighted by molar-refractivity contribution is -0.134. The third-order valence-electron chi connectivity index (χ3n) is 6.20. The van der Waals surface area contributed by atoms with Gasteiger partial charge in [0.15, 0.2) is 0 Å². The Balaban J connectivity index is 1.40. The Bertz CT molecular complexity index is 767. The molecule has 7 heteroatoms. The second kappa shape index (κ2) is 8.33. The molecule has 28 heavy (non-hydrogen) atoms. The molecule has 0 radical (unpaired) electrons. The first-order chi connectivity index (χ1) is 13.5. The van der Waals surface area contributed by atoms with Crippen molar-refractivity contribution < 1.29 is 9.53 Å². The second-order valence-electron chi connectivity index (χ2n) is 8.67. The molecule has 0 aromatic carbocycles. The van der Waals surface area contributed by atoms with Crippen molar-refractivity contribution in [2.24, 2.45) is 0 Å². The minimum Gasteiger partial charge on any atom is -0.373 e. The SMILES string of the molecule is C[C@H]1CN(CC(=O)N2CC[C@H](c3cc(=O)n4c(n3)CCCCC4)C2)C[C@H](C)O1. The number of morpholine rings is 1. The van der Waals surface area contributed by atoms with Crippen molar-refractivity contribution in [1.29, 1.82) is 0 Å². The smallest absolute Gasteiger partial charge is 0.253 e. The van der Waals surface area contributed by atoms with Crippen molar-refractivity contribution in [2.45, 2.75) is 70.6 Å². The third kappa shape index (κ3) is 4.30. The Kier molecular flexibility index (Phi) is 5.83. The van der Waals surface area contributed by atoms with Crippen molar-refractivity contribution in [3.8, 4) is 0 Å². The van der Waals surface area contributed by atoms with E-state index in [-0.39, 0.29) is 29.6 Å². The van der Waals surface area contributed by atoms with Crippen molar-refractivity contribution in [3.63, 3.8) is 0 Å². The number of aromatic nitrogens is 2. The number of rotatable bonds is 3. The number of likely N-dealkylation sites (tertiary alicyclic amines) is 1. The van der Waals surface area contributed by atoms with Gasteiger partial charge in [-0.3, -0.25) is 19.1 Å². The Morgan fingerprint density at radius 2 is 1.93 bits per heavy atom. The van der Waals surface area contributed by atoms with E-state index in [0.29, 0.717) is 13.1 Å². The third-order valence-corrected chi connectivity index (χ3v) is 6.20. The molecule has 1 aromatic heterocycles. The highest BCUT2D eigenvalue weighted by molar-refractivity contribution is 5.78. The van der Waals surface area contributed by atoms with E-state index < -0.39 is 0 Å². The topological polar surface area (TPSA) is 67.7 Å². The highest BCUT2D eigenvalue weighted by Gasteiger charge is 2.31. The number of aryl methyl sites for hydroxylation is 1. The van der Waals surface area contributed by atoms with E-state index >= 15 is 0 Å². The number of hydrogen-bond donors (Lipinski definition) is 0. The zero-order valence-electron chi connectivity index (χ0n) is 17.1. The summed E-state index contributed by atoms with van der Waals surface area (Å²) in [7, 11) is 0. The normalized spacial score (nSPS) is 28.8. The molecule has 0 N–H and O–H groups in total. The van der Waals surface area contributed by atoms with Crippen LogP contribution >= 0.6 is 0 Å². The lowest BCUT2D eigenvalue weighted by Gasteiger charge is -2.35. The average Bonchev–Trinajstić information content (AvgIpc) is 3.00. The lowest BCUT2D eigenvalue weighted by atomic mass is 10.0. The molecule has 4 rings (SSSR count). The quantitative estimate of drug-likeness (QED) is 0.783. The zero-order chi connectivity index (χ0) is 19.7. The standard InChI is InChI=1S/C21H32N4O3/c1-15-11-23(12-16(2)28-15)14-21(27)24-9-7-17(13-24)18-10-20(26)25-8-5-3-4-6-19(25)22-18/h10,15-17H,3-9,11-14H2,1-2H3/t15-,16-,17-/m0/s1. The van der Waals surface area contributed by atoms with Gasteiger partial charge in [0.25, 0.3) is 5.56 Å². The number of fused-ring (bicyclic) bond motifs is 1. The largest absolute Gasteiger partial charge is 0.373 e. The monoisotopic (exact) mass is 388 g/mol. The summed E-state index contributed by atoms with van der Waals surface area (Å²) in [4.78, 5) is 34.3. The number of amides is 1. The maximum atomic E-state index is 12.8. The van der Waals surface area contributed by atoms with Crippen molar-refractivity contribution in [2.75, 3.05) is 32.7 Å². The fourth-order valence-corrected chi connectivity index (χ4v) is 4.88. The number of carbonyl (C=O) groups is 1. The Labute approximate surface area is 166 Å². The molecule has 1 aromatic rings. The summed E-state index contributed by atoms with van der Waals surface area (Å²) >= 11 is 0. The van der Waals surface area contributed by atoms with Gasteiger partial charge >= 0.3 is 0 Å². The molecule has 154 valence electrons. The van der Waals surface area contributed by atoms with Crippen LogP contribution in [0.5, 0.6) is 0 Å². The van der Waals surface area contributed by atoms with Gasteiger partial charge in [-0.15, -0.1) is 0 Å². The minimum absolute atomic E-state index is 0.0722. The van der Waals surface area contributed by atoms with Crippen LogP contribution in [-0.4, -0.2) is 70.2 Å². The summed E-state index contributed by atoms with van der Waals surface area (Å²) in [6, 6.07) is 1.71. The number of nitrogens with zero attached hydrogens (tertiary/aromatic N) is 4. The molecule has 0 bridgehead atoms. The molecule has 3 aliphatic rings. The van der Waals surface area contributed by atoms with Crippen LogP contribution in [0.4, 0.5) is 0 Å². The maximum Gasteiger partial charge on any atom is 0.253 e. The Hall–Kier alpha value is -1.73. The van der Waals surface area contributed by atoms with Crippen LogP contribution in [0.2, 0.25) is 0 Å². The summed E-state index contributed by atoms with van der Waals surface area (Å²) in [6.45, 7) is 8.37. The zero-order valence-corrected chi connectivity index (χ0v) is 17.1. The van der Waals surface area contributed by atoms with Gasteiger partial charge in [-0.05, 0) is 33.1 Å². The molecule has 0 spiro atoms. The molecule has 0 aliphatic carbocycles. The van der Waals surface area contributed by atoms with E-state index in [2.05, 4.69) is 18.7 Å². The lowest BCUT2D eigenvalue weighted by Crippen LogP contribution is -2.49. The van der Waals surface area contributed by atoms with Gasteiger partial charge in [-0.2, -0.15) is 0 Å². The fraction of sp³-hybridized carbons (Fsp3) is 0.762. The molecule has 4 heterocycles. The first kappa shape index (κ1) is 19.6. The van der Waals surface area contributed by atoms with E-state index in [9.17, 15) is 9.59 Å². The molecule has 3 aliphatic heterocycles. The average molecular weight is 389 g/mol. The minimum atomic E-state index is 0.0722. The van der Waals surface area contributed by atoms with Crippen molar-refractivity contribution in [1.82, 2.24) is 19.4 Å². The summed E-state index contributed by atoms with van der Waals surface area (Å²) in [5, 5.41) is 0. The highest BCUT2D eigenvalue weighted by atomic mass is 16.5. The van der Waals surface area contributed by atoms with Crippen molar-refractivity contribution in [3.05, 3.63) is 27.9 Å². The summed E-state index contributed by atoms with van der Waals surface area (Å²) in [5.41, 5.74) is 0.949. The van der Waals surface area contributed by atoms with E-state index in [1.54, 1.807) is 6.07 Å². The van der Waals surface area contributed by atoms with Crippen LogP contribution < -0.4 is 5.56 Å². The van der Waals surface area contributed by atoms with Gasteiger partial charge in [-0.25, -0.2) is 4.98 Å². The number of carbonyl (C=O) groups excluding carboxylic acids is 1. The van der Waals surface area contributed by atoms with Crippen LogP contribution in [0.3, 0.4) is 0 Å². The Morgan fingerprint density at radius 1 is 1.14 bits per heavy atom. The molecular formula is C21H32N4O3. The van der Waals surface area contributed by atoms with Gasteiger partial charge < -0.3 is 9.64 Å². The molecule has 2 saturated heterocycles. The fourth-order valence-electron chi connectivity index (χ4n) is 4.88. The van der Waals surface area contributed by atoms with E-state index in [0.717, 1.165) is 69.8 Å². The summed E-state index contributed by atoms with van der Waals surface area (Å²) < 4.78 is 7.60. The van der Waals surface area contributed by atoms with Crippen LogP contribution in [-0.2, 0) is 22.5 Å². The van der Waals surface area contributed by atoms with E-state index in [4.69, 9.17) is 9.72 Å². The summed E-state index contributed by atoms with van der Waals surface area (Å²) in [6.07, 6.45) is 5.41. The van der Waals surface area contributed by atoms with Gasteiger partial charge in [0.1, 0.15) is 5.82 Å². The van der Waals surface area contributed by atoms with Crippen LogP contribution in [0.1, 0.15) is 57.0 Å². The number of ether oxygens (including phenoxy) is 1. The van der Waals surface area contributed by atoms with E-state index in [1.807, 2.05) is 9.47 Å². The van der Waals surface area contributed by atoms with Gasteiger partial charge in [-0.1, -0.05) is 6.42 Å². The first-order valence-electron chi connectivity index (χ1n) is 10.8. The molecule has 2 fully saturated rings. The predicted octanol–water partition coefficient (Wildman–Crippen LogP) is 1.39. The van der Waals surface area contributed by atoms with Gasteiger partial charge in [0.05, 0.1) is 24.4 Å². The maximum absolute atomic E-state index is 12.8. The summed E-state index contributed by atoms with van der Waals surface area (Å²) in [5.74, 6) is 1.28. The van der Waals surface area contributed by atoms with E-state index in [1.165, 1.54) is 0 Å². The molecule has 1 amide bonds. The van der Waals surface area contributed by atoms with Crippen molar-refractivity contribution >= 4 is 5.91 Å². The van der Waals surface area contributed by atoms with Crippen LogP contribution in [0.15, 0.2) is 10.9 Å². The van der Waals surface area contributed by atoms with Crippen LogP contribution in [0, 0.1) is 0 Å². The van der Waals surface area contributed by atoms with Crippen LogP contribution in [0.25, 0.3) is 0 Å². The molecule has 3 atom stereocenters. The molecule has 0 unspecified atom stereocenters.